The Labute approximate surface area is 155 Å². The van der Waals surface area contributed by atoms with Crippen LogP contribution in [0.2, 0.25) is 0 Å². The van der Waals surface area contributed by atoms with E-state index in [0.717, 1.165) is 5.56 Å². The summed E-state index contributed by atoms with van der Waals surface area (Å²) in [6.45, 7) is 5.33. The zero-order valence-corrected chi connectivity index (χ0v) is 16.5. The minimum atomic E-state index is -3.76. The van der Waals surface area contributed by atoms with Crippen LogP contribution in [0.4, 0.5) is 11.5 Å². The molecule has 1 aromatic carbocycles. The molecule has 0 saturated heterocycles. The summed E-state index contributed by atoms with van der Waals surface area (Å²) >= 11 is 3.34. The maximum absolute atomic E-state index is 13.2. The molecule has 8 heteroatoms. The van der Waals surface area contributed by atoms with Crippen molar-refractivity contribution < 1.29 is 13.2 Å². The first kappa shape index (κ1) is 17.9. The van der Waals surface area contributed by atoms with Gasteiger partial charge in [0.1, 0.15) is 0 Å². The highest BCUT2D eigenvalue weighted by Gasteiger charge is 2.38. The molecule has 1 aromatic heterocycles. The van der Waals surface area contributed by atoms with Gasteiger partial charge >= 0.3 is 0 Å². The molecule has 0 bridgehead atoms. The van der Waals surface area contributed by atoms with Gasteiger partial charge in [-0.05, 0) is 48.0 Å². The predicted molar refractivity (Wildman–Crippen MR) is 100 cm³/mol. The summed E-state index contributed by atoms with van der Waals surface area (Å²) in [5.41, 5.74) is 1.38. The Hall–Kier alpha value is -1.93. The smallest absolute Gasteiger partial charge is 0.264 e. The van der Waals surface area contributed by atoms with Gasteiger partial charge in [0.15, 0.2) is 5.82 Å². The van der Waals surface area contributed by atoms with Gasteiger partial charge in [-0.25, -0.2) is 13.4 Å². The van der Waals surface area contributed by atoms with E-state index in [0.29, 0.717) is 16.0 Å². The molecule has 1 atom stereocenters. The minimum absolute atomic E-state index is 0.168. The molecule has 132 valence electrons. The number of rotatable bonds is 2. The molecule has 0 N–H and O–H groups in total. The van der Waals surface area contributed by atoms with E-state index in [1.807, 2.05) is 13.8 Å². The quantitative estimate of drug-likeness (QED) is 0.743. The molecule has 6 nitrogen and oxygen atoms in total. The van der Waals surface area contributed by atoms with Crippen molar-refractivity contribution in [3.63, 3.8) is 0 Å². The third-order valence-electron chi connectivity index (χ3n) is 4.13. The first-order valence-corrected chi connectivity index (χ1v) is 10.00. The summed E-state index contributed by atoms with van der Waals surface area (Å²) in [6, 6.07) is 8.08. The van der Waals surface area contributed by atoms with Crippen LogP contribution in [0.3, 0.4) is 0 Å². The summed E-state index contributed by atoms with van der Waals surface area (Å²) in [6.07, 6.45) is 1.56. The van der Waals surface area contributed by atoms with E-state index in [4.69, 9.17) is 0 Å². The molecule has 2 aromatic rings. The molecule has 1 aliphatic rings. The van der Waals surface area contributed by atoms with Crippen LogP contribution in [0.15, 0.2) is 45.9 Å². The van der Waals surface area contributed by atoms with Gasteiger partial charge in [0.05, 0.1) is 23.2 Å². The van der Waals surface area contributed by atoms with E-state index in [1.54, 1.807) is 36.5 Å². The van der Waals surface area contributed by atoms with Crippen LogP contribution in [0.25, 0.3) is 0 Å². The Bertz CT molecular complexity index is 929. The van der Waals surface area contributed by atoms with Gasteiger partial charge in [-0.2, -0.15) is 0 Å². The molecule has 2 heterocycles. The van der Waals surface area contributed by atoms with Crippen molar-refractivity contribution in [2.24, 2.45) is 0 Å². The van der Waals surface area contributed by atoms with Crippen LogP contribution < -0.4 is 9.21 Å². The average molecular weight is 424 g/mol. The summed E-state index contributed by atoms with van der Waals surface area (Å²) < 4.78 is 28.3. The number of amides is 1. The number of benzene rings is 1. The number of hydrogen-bond acceptors (Lipinski definition) is 4. The molecule has 1 aliphatic heterocycles. The molecule has 0 spiro atoms. The Morgan fingerprint density at radius 2 is 1.92 bits per heavy atom. The number of carbonyl (C=O) groups excluding carboxylic acids is 1. The van der Waals surface area contributed by atoms with Crippen LogP contribution in [-0.2, 0) is 14.8 Å². The van der Waals surface area contributed by atoms with Crippen molar-refractivity contribution >= 4 is 43.4 Å². The Kier molecular flexibility index (Phi) is 4.59. The molecular formula is C17H18BrN3O3S. The number of aromatic nitrogens is 1. The fourth-order valence-corrected chi connectivity index (χ4v) is 4.80. The maximum atomic E-state index is 13.2. The number of fused-ring (bicyclic) bond motifs is 1. The Morgan fingerprint density at radius 3 is 2.52 bits per heavy atom. The number of carbonyl (C=O) groups is 1. The predicted octanol–water partition coefficient (Wildman–Crippen LogP) is 3.10. The minimum Gasteiger partial charge on any atom is -0.291 e. The van der Waals surface area contributed by atoms with E-state index >= 15 is 0 Å². The lowest BCUT2D eigenvalue weighted by Gasteiger charge is -2.40. The molecule has 0 aliphatic carbocycles. The first-order chi connectivity index (χ1) is 11.7. The average Bonchev–Trinajstić information content (AvgIpc) is 2.54. The standard InChI is InChI=1S/C17H18BrN3O3S/c1-11-4-6-15(7-5-11)25(23,24)20-10-12(2)21(13(3)22)17-16(20)8-14(18)9-19-17/h4-9,12H,10H2,1-3H3/t12-/m0/s1. The second-order valence-electron chi connectivity index (χ2n) is 6.08. The van der Waals surface area contributed by atoms with E-state index in [-0.39, 0.29) is 23.4 Å². The molecule has 0 unspecified atom stereocenters. The number of aryl methyl sites for hydroxylation is 1. The van der Waals surface area contributed by atoms with Crippen LogP contribution in [-0.4, -0.2) is 31.9 Å². The van der Waals surface area contributed by atoms with E-state index < -0.39 is 10.0 Å². The van der Waals surface area contributed by atoms with E-state index in [2.05, 4.69) is 20.9 Å². The van der Waals surface area contributed by atoms with Crippen LogP contribution in [0.1, 0.15) is 19.4 Å². The van der Waals surface area contributed by atoms with E-state index in [9.17, 15) is 13.2 Å². The number of halogens is 1. The molecule has 25 heavy (non-hydrogen) atoms. The molecule has 0 saturated carbocycles. The number of sulfonamides is 1. The second kappa shape index (κ2) is 6.42. The third-order valence-corrected chi connectivity index (χ3v) is 6.36. The Balaban J connectivity index is 2.17. The normalized spacial score (nSPS) is 17.4. The highest BCUT2D eigenvalue weighted by Crippen LogP contribution is 2.38. The second-order valence-corrected chi connectivity index (χ2v) is 8.86. The van der Waals surface area contributed by atoms with Crippen molar-refractivity contribution in [2.75, 3.05) is 15.7 Å². The summed E-state index contributed by atoms with van der Waals surface area (Å²) in [4.78, 5) is 18.1. The number of hydrogen-bond donors (Lipinski definition) is 0. The zero-order chi connectivity index (χ0) is 18.4. The lowest BCUT2D eigenvalue weighted by Crippen LogP contribution is -2.51. The summed E-state index contributed by atoms with van der Waals surface area (Å²) in [5, 5.41) is 0. The van der Waals surface area contributed by atoms with Crippen LogP contribution in [0.5, 0.6) is 0 Å². The molecule has 0 radical (unpaired) electrons. The first-order valence-electron chi connectivity index (χ1n) is 7.76. The van der Waals surface area contributed by atoms with Gasteiger partial charge in [0.25, 0.3) is 10.0 Å². The monoisotopic (exact) mass is 423 g/mol. The lowest BCUT2D eigenvalue weighted by molar-refractivity contribution is -0.117. The van der Waals surface area contributed by atoms with Crippen LogP contribution >= 0.6 is 15.9 Å². The largest absolute Gasteiger partial charge is 0.291 e. The Morgan fingerprint density at radius 1 is 1.28 bits per heavy atom. The van der Waals surface area contributed by atoms with Gasteiger partial charge < -0.3 is 0 Å². The molecule has 1 amide bonds. The van der Waals surface area contributed by atoms with Crippen molar-refractivity contribution in [1.29, 1.82) is 0 Å². The SMILES string of the molecule is CC(=O)N1c2ncc(Br)cc2N(S(=O)(=O)c2ccc(C)cc2)C[C@@H]1C. The number of anilines is 2. The van der Waals surface area contributed by atoms with Gasteiger partial charge in [-0.3, -0.25) is 14.0 Å². The molecule has 3 rings (SSSR count). The summed E-state index contributed by atoms with van der Waals surface area (Å²) in [7, 11) is -3.76. The van der Waals surface area contributed by atoms with Crippen molar-refractivity contribution in [2.45, 2.75) is 31.7 Å². The maximum Gasteiger partial charge on any atom is 0.264 e. The van der Waals surface area contributed by atoms with Crippen molar-refractivity contribution in [3.8, 4) is 0 Å². The van der Waals surface area contributed by atoms with E-state index in [1.165, 1.54) is 16.1 Å². The third kappa shape index (κ3) is 3.16. The van der Waals surface area contributed by atoms with Gasteiger partial charge in [-0.15, -0.1) is 0 Å². The van der Waals surface area contributed by atoms with Crippen molar-refractivity contribution in [3.05, 3.63) is 46.6 Å². The lowest BCUT2D eigenvalue weighted by atomic mass is 10.2. The molecular weight excluding hydrogens is 406 g/mol. The van der Waals surface area contributed by atoms with Gasteiger partial charge in [0.2, 0.25) is 5.91 Å². The summed E-state index contributed by atoms with van der Waals surface area (Å²) in [5.74, 6) is 0.182. The number of nitrogens with zero attached hydrogens (tertiary/aromatic N) is 3. The fraction of sp³-hybridized carbons (Fsp3) is 0.294. The highest BCUT2D eigenvalue weighted by molar-refractivity contribution is 9.10. The topological polar surface area (TPSA) is 70.6 Å². The highest BCUT2D eigenvalue weighted by atomic mass is 79.9. The number of pyridine rings is 1. The molecule has 0 fully saturated rings. The van der Waals surface area contributed by atoms with Gasteiger partial charge in [-0.1, -0.05) is 17.7 Å². The van der Waals surface area contributed by atoms with Gasteiger partial charge in [0, 0.05) is 17.6 Å². The fourth-order valence-electron chi connectivity index (χ4n) is 2.94. The van der Waals surface area contributed by atoms with Crippen molar-refractivity contribution in [1.82, 2.24) is 4.98 Å². The zero-order valence-electron chi connectivity index (χ0n) is 14.1. The van der Waals surface area contributed by atoms with Crippen LogP contribution in [0, 0.1) is 6.92 Å².